The number of nitro benzene ring substituents is 1. The van der Waals surface area contributed by atoms with E-state index in [2.05, 4.69) is 0 Å². The molecule has 0 fully saturated rings. The number of rotatable bonds is 6. The van der Waals surface area contributed by atoms with Crippen molar-refractivity contribution in [3.05, 3.63) is 69.3 Å². The molecule has 6 heteroatoms. The molecule has 6 nitrogen and oxygen atoms in total. The van der Waals surface area contributed by atoms with Crippen molar-refractivity contribution < 1.29 is 19.2 Å². The van der Waals surface area contributed by atoms with Gasteiger partial charge in [0.05, 0.1) is 4.92 Å². The molecule has 0 spiro atoms. The van der Waals surface area contributed by atoms with Crippen LogP contribution < -0.4 is 4.74 Å². The topological polar surface area (TPSA) is 78.7 Å². The fourth-order valence-electron chi connectivity index (χ4n) is 2.35. The van der Waals surface area contributed by atoms with Gasteiger partial charge in [0.2, 0.25) is 0 Å². The lowest BCUT2D eigenvalue weighted by molar-refractivity contribution is -0.385. The van der Waals surface area contributed by atoms with Crippen LogP contribution in [0.1, 0.15) is 29.7 Å². The number of benzene rings is 2. The highest BCUT2D eigenvalue weighted by Gasteiger charge is 2.16. The van der Waals surface area contributed by atoms with Gasteiger partial charge in [-0.3, -0.25) is 10.1 Å². The molecular formula is C18H19NO5. The third-order valence-electron chi connectivity index (χ3n) is 3.60. The number of para-hydroxylation sites is 1. The summed E-state index contributed by atoms with van der Waals surface area (Å²) in [7, 11) is 0. The summed E-state index contributed by atoms with van der Waals surface area (Å²) < 4.78 is 10.8. The largest absolute Gasteiger partial charge is 0.481 e. The number of hydrogen-bond acceptors (Lipinski definition) is 5. The van der Waals surface area contributed by atoms with Crippen molar-refractivity contribution in [2.45, 2.75) is 26.9 Å². The van der Waals surface area contributed by atoms with Gasteiger partial charge in [0.1, 0.15) is 11.9 Å². The standard InChI is InChI=1S/C18H19NO5/c1-12-6-4-7-13(2)18(12)23-11-17(20)24-14(3)15-8-5-9-16(10-15)19(21)22/h4-10,14H,11H2,1-3H3/t14-/m0/s1. The minimum atomic E-state index is -0.598. The summed E-state index contributed by atoms with van der Waals surface area (Å²) >= 11 is 0. The van der Waals surface area contributed by atoms with E-state index >= 15 is 0 Å². The van der Waals surface area contributed by atoms with Gasteiger partial charge in [-0.2, -0.15) is 0 Å². The second kappa shape index (κ2) is 7.59. The molecule has 0 bridgehead atoms. The van der Waals surface area contributed by atoms with Gasteiger partial charge < -0.3 is 9.47 Å². The maximum absolute atomic E-state index is 12.0. The number of hydrogen-bond donors (Lipinski definition) is 0. The van der Waals surface area contributed by atoms with Crippen LogP contribution in [0.2, 0.25) is 0 Å². The van der Waals surface area contributed by atoms with Gasteiger partial charge in [0.25, 0.3) is 5.69 Å². The Balaban J connectivity index is 1.97. The third kappa shape index (κ3) is 4.32. The Hall–Kier alpha value is -2.89. The van der Waals surface area contributed by atoms with Gasteiger partial charge >= 0.3 is 5.97 Å². The highest BCUT2D eigenvalue weighted by atomic mass is 16.6. The summed E-state index contributed by atoms with van der Waals surface area (Å²) in [6.45, 7) is 5.25. The Morgan fingerprint density at radius 1 is 1.17 bits per heavy atom. The van der Waals surface area contributed by atoms with Gasteiger partial charge in [-0.25, -0.2) is 4.79 Å². The van der Waals surface area contributed by atoms with Crippen molar-refractivity contribution in [2.24, 2.45) is 0 Å². The van der Waals surface area contributed by atoms with Crippen LogP contribution in [0.3, 0.4) is 0 Å². The number of carbonyl (C=O) groups is 1. The average molecular weight is 329 g/mol. The van der Waals surface area contributed by atoms with E-state index in [1.807, 2.05) is 32.0 Å². The fraction of sp³-hybridized carbons (Fsp3) is 0.278. The number of carbonyl (C=O) groups excluding carboxylic acids is 1. The lowest BCUT2D eigenvalue weighted by Gasteiger charge is -2.15. The second-order valence-electron chi connectivity index (χ2n) is 5.49. The first kappa shape index (κ1) is 17.5. The molecule has 0 saturated carbocycles. The van der Waals surface area contributed by atoms with Crippen LogP contribution in [0.4, 0.5) is 5.69 Å². The van der Waals surface area contributed by atoms with Crippen LogP contribution in [-0.4, -0.2) is 17.5 Å². The Morgan fingerprint density at radius 2 is 1.79 bits per heavy atom. The zero-order valence-electron chi connectivity index (χ0n) is 13.8. The quantitative estimate of drug-likeness (QED) is 0.456. The number of ether oxygens (including phenoxy) is 2. The van der Waals surface area contributed by atoms with Gasteiger partial charge in [-0.05, 0) is 37.5 Å². The lowest BCUT2D eigenvalue weighted by Crippen LogP contribution is -2.17. The monoisotopic (exact) mass is 329 g/mol. The summed E-state index contributed by atoms with van der Waals surface area (Å²) in [5.41, 5.74) is 2.40. The molecule has 0 saturated heterocycles. The molecule has 1 atom stereocenters. The second-order valence-corrected chi connectivity index (χ2v) is 5.49. The molecule has 0 radical (unpaired) electrons. The number of nitrogens with zero attached hydrogens (tertiary/aromatic N) is 1. The van der Waals surface area contributed by atoms with Crippen molar-refractivity contribution in [1.82, 2.24) is 0 Å². The number of nitro groups is 1. The van der Waals surface area contributed by atoms with E-state index in [-0.39, 0.29) is 12.3 Å². The van der Waals surface area contributed by atoms with Crippen LogP contribution in [0.5, 0.6) is 5.75 Å². The van der Waals surface area contributed by atoms with E-state index in [0.717, 1.165) is 11.1 Å². The van der Waals surface area contributed by atoms with Crippen LogP contribution in [0.25, 0.3) is 0 Å². The molecule has 0 aromatic heterocycles. The number of aryl methyl sites for hydroxylation is 2. The molecule has 0 aliphatic carbocycles. The van der Waals surface area contributed by atoms with Crippen molar-refractivity contribution in [3.8, 4) is 5.75 Å². The smallest absolute Gasteiger partial charge is 0.344 e. The molecule has 24 heavy (non-hydrogen) atoms. The SMILES string of the molecule is Cc1cccc(C)c1OCC(=O)O[C@@H](C)c1cccc([N+](=O)[O-])c1. The van der Waals surface area contributed by atoms with Gasteiger partial charge in [-0.15, -0.1) is 0 Å². The molecule has 2 aromatic rings. The molecule has 0 heterocycles. The summed E-state index contributed by atoms with van der Waals surface area (Å²) in [6, 6.07) is 11.7. The van der Waals surface area contributed by atoms with Gasteiger partial charge in [-0.1, -0.05) is 30.3 Å². The summed E-state index contributed by atoms with van der Waals surface area (Å²) in [4.78, 5) is 22.3. The first-order chi connectivity index (χ1) is 11.4. The first-order valence-electron chi connectivity index (χ1n) is 7.51. The van der Waals surface area contributed by atoms with Gasteiger partial charge in [0, 0.05) is 12.1 Å². The fourth-order valence-corrected chi connectivity index (χ4v) is 2.35. The molecule has 126 valence electrons. The Labute approximate surface area is 140 Å². The van der Waals surface area contributed by atoms with Crippen molar-refractivity contribution in [2.75, 3.05) is 6.61 Å². The predicted octanol–water partition coefficient (Wildman–Crippen LogP) is 3.89. The number of non-ortho nitro benzene ring substituents is 1. The first-order valence-corrected chi connectivity index (χ1v) is 7.51. The molecule has 2 rings (SSSR count). The normalized spacial score (nSPS) is 11.6. The Bertz CT molecular complexity index is 737. The van der Waals surface area contributed by atoms with Crippen LogP contribution >= 0.6 is 0 Å². The maximum atomic E-state index is 12.0. The van der Waals surface area contributed by atoms with Gasteiger partial charge in [0.15, 0.2) is 6.61 Å². The highest BCUT2D eigenvalue weighted by Crippen LogP contribution is 2.24. The lowest BCUT2D eigenvalue weighted by atomic mass is 10.1. The van der Waals surface area contributed by atoms with Crippen LogP contribution in [0.15, 0.2) is 42.5 Å². The molecule has 0 amide bonds. The van der Waals surface area contributed by atoms with E-state index in [0.29, 0.717) is 11.3 Å². The van der Waals surface area contributed by atoms with Crippen LogP contribution in [-0.2, 0) is 9.53 Å². The molecule has 0 N–H and O–H groups in total. The van der Waals surface area contributed by atoms with E-state index in [4.69, 9.17) is 9.47 Å². The Kier molecular flexibility index (Phi) is 5.52. The molecule has 0 unspecified atom stereocenters. The highest BCUT2D eigenvalue weighted by molar-refractivity contribution is 5.71. The van der Waals surface area contributed by atoms with Crippen molar-refractivity contribution >= 4 is 11.7 Å². The van der Waals surface area contributed by atoms with Crippen molar-refractivity contribution in [1.29, 1.82) is 0 Å². The summed E-state index contributed by atoms with van der Waals surface area (Å²) in [6.07, 6.45) is -0.598. The third-order valence-corrected chi connectivity index (χ3v) is 3.60. The summed E-state index contributed by atoms with van der Waals surface area (Å²) in [5.74, 6) is 0.133. The van der Waals surface area contributed by atoms with E-state index in [9.17, 15) is 14.9 Å². The van der Waals surface area contributed by atoms with E-state index in [1.165, 1.54) is 12.1 Å². The summed E-state index contributed by atoms with van der Waals surface area (Å²) in [5, 5.41) is 10.8. The minimum Gasteiger partial charge on any atom is -0.481 e. The average Bonchev–Trinajstić information content (AvgIpc) is 2.54. The zero-order chi connectivity index (χ0) is 17.7. The predicted molar refractivity (Wildman–Crippen MR) is 89.0 cm³/mol. The molecule has 2 aromatic carbocycles. The Morgan fingerprint density at radius 3 is 2.42 bits per heavy atom. The molecule has 0 aliphatic rings. The maximum Gasteiger partial charge on any atom is 0.344 e. The van der Waals surface area contributed by atoms with E-state index in [1.54, 1.807) is 19.1 Å². The number of esters is 1. The van der Waals surface area contributed by atoms with E-state index < -0.39 is 17.0 Å². The zero-order valence-corrected chi connectivity index (χ0v) is 13.8. The van der Waals surface area contributed by atoms with Crippen molar-refractivity contribution in [3.63, 3.8) is 0 Å². The minimum absolute atomic E-state index is 0.0396. The van der Waals surface area contributed by atoms with Crippen LogP contribution in [0, 0.1) is 24.0 Å². The molecule has 0 aliphatic heterocycles. The molecular weight excluding hydrogens is 310 g/mol.